The third kappa shape index (κ3) is 3.18. The molecule has 0 N–H and O–H groups in total. The summed E-state index contributed by atoms with van der Waals surface area (Å²) in [6, 6.07) is 18.1. The molecular formula is C18H11N5O. The van der Waals surface area contributed by atoms with Crippen LogP contribution in [0.3, 0.4) is 0 Å². The predicted octanol–water partition coefficient (Wildman–Crippen LogP) is 3.38. The van der Waals surface area contributed by atoms with Crippen LogP contribution >= 0.6 is 0 Å². The topological polar surface area (TPSA) is 95.5 Å². The van der Waals surface area contributed by atoms with Gasteiger partial charge in [-0.25, -0.2) is 0 Å². The van der Waals surface area contributed by atoms with Crippen LogP contribution in [0.5, 0.6) is 11.6 Å². The summed E-state index contributed by atoms with van der Waals surface area (Å²) in [5.74, 6) is 0.913. The fraction of sp³-hybridized carbons (Fsp3) is 0.0556. The van der Waals surface area contributed by atoms with Gasteiger partial charge in [0.1, 0.15) is 11.8 Å². The average molecular weight is 313 g/mol. The van der Waals surface area contributed by atoms with E-state index in [4.69, 9.17) is 15.3 Å². The van der Waals surface area contributed by atoms with Crippen LogP contribution in [-0.4, -0.2) is 15.2 Å². The molecule has 0 bridgehead atoms. The second-order valence-electron chi connectivity index (χ2n) is 5.01. The highest BCUT2D eigenvalue weighted by Crippen LogP contribution is 2.24. The number of rotatable bonds is 3. The Bertz CT molecular complexity index is 968. The van der Waals surface area contributed by atoms with Crippen molar-refractivity contribution in [3.8, 4) is 35.2 Å². The summed E-state index contributed by atoms with van der Waals surface area (Å²) in [5, 5.41) is 25.9. The van der Waals surface area contributed by atoms with Crippen LogP contribution in [0.15, 0.2) is 48.5 Å². The molecule has 0 radical (unpaired) electrons. The van der Waals surface area contributed by atoms with Gasteiger partial charge in [-0.15, -0.1) is 10.2 Å². The van der Waals surface area contributed by atoms with Crippen molar-refractivity contribution in [2.75, 3.05) is 0 Å². The molecule has 3 rings (SSSR count). The molecule has 1 aromatic heterocycles. The van der Waals surface area contributed by atoms with Crippen molar-refractivity contribution in [1.29, 1.82) is 10.5 Å². The number of nitrogens with zero attached hydrogens (tertiary/aromatic N) is 5. The molecule has 0 fully saturated rings. The molecule has 0 aliphatic heterocycles. The number of hydrogen-bond donors (Lipinski definition) is 0. The lowest BCUT2D eigenvalue weighted by molar-refractivity contribution is 0.455. The van der Waals surface area contributed by atoms with E-state index in [1.54, 1.807) is 24.3 Å². The molecule has 0 unspecified atom stereocenters. The first-order valence-corrected chi connectivity index (χ1v) is 7.09. The second kappa shape index (κ2) is 6.55. The Morgan fingerprint density at radius 2 is 1.75 bits per heavy atom. The first-order chi connectivity index (χ1) is 11.7. The summed E-state index contributed by atoms with van der Waals surface area (Å²) in [6.45, 7) is 1.97. The van der Waals surface area contributed by atoms with E-state index in [-0.39, 0.29) is 11.6 Å². The second-order valence-corrected chi connectivity index (χ2v) is 5.01. The number of aromatic nitrogens is 3. The Morgan fingerprint density at radius 1 is 0.958 bits per heavy atom. The van der Waals surface area contributed by atoms with E-state index < -0.39 is 0 Å². The molecule has 114 valence electrons. The molecule has 24 heavy (non-hydrogen) atoms. The lowest BCUT2D eigenvalue weighted by atomic mass is 10.1. The van der Waals surface area contributed by atoms with Gasteiger partial charge in [0.15, 0.2) is 5.82 Å². The van der Waals surface area contributed by atoms with E-state index in [9.17, 15) is 0 Å². The van der Waals surface area contributed by atoms with Crippen LogP contribution in [0.1, 0.15) is 16.8 Å². The molecule has 0 saturated carbocycles. The van der Waals surface area contributed by atoms with Crippen molar-refractivity contribution >= 4 is 0 Å². The molecule has 6 nitrogen and oxygen atoms in total. The van der Waals surface area contributed by atoms with Gasteiger partial charge in [0, 0.05) is 5.56 Å². The van der Waals surface area contributed by atoms with Gasteiger partial charge in [0.2, 0.25) is 5.69 Å². The molecule has 0 spiro atoms. The van der Waals surface area contributed by atoms with E-state index in [0.29, 0.717) is 17.1 Å². The normalized spacial score (nSPS) is 9.79. The molecule has 1 heterocycles. The van der Waals surface area contributed by atoms with Crippen molar-refractivity contribution in [1.82, 2.24) is 15.2 Å². The summed E-state index contributed by atoms with van der Waals surface area (Å²) in [5.41, 5.74) is 2.37. The Hall–Kier alpha value is -3.77. The van der Waals surface area contributed by atoms with Crippen molar-refractivity contribution in [3.05, 3.63) is 65.4 Å². The predicted molar refractivity (Wildman–Crippen MR) is 85.9 cm³/mol. The maximum Gasteiger partial charge on any atom is 0.260 e. The smallest absolute Gasteiger partial charge is 0.260 e. The van der Waals surface area contributed by atoms with E-state index in [2.05, 4.69) is 15.2 Å². The molecule has 6 heteroatoms. The number of aryl methyl sites for hydroxylation is 1. The lowest BCUT2D eigenvalue weighted by Gasteiger charge is -2.07. The summed E-state index contributed by atoms with van der Waals surface area (Å²) < 4.78 is 5.65. The van der Waals surface area contributed by atoms with E-state index in [0.717, 1.165) is 11.1 Å². The van der Waals surface area contributed by atoms with Gasteiger partial charge in [-0.2, -0.15) is 15.5 Å². The number of ether oxygens (including phenoxy) is 1. The minimum atomic E-state index is -0.00392. The van der Waals surface area contributed by atoms with E-state index in [1.807, 2.05) is 43.3 Å². The molecule has 3 aromatic rings. The van der Waals surface area contributed by atoms with Gasteiger partial charge in [0.25, 0.3) is 5.88 Å². The molecule has 0 amide bonds. The summed E-state index contributed by atoms with van der Waals surface area (Å²) in [6.07, 6.45) is 0. The monoisotopic (exact) mass is 313 g/mol. The highest BCUT2D eigenvalue weighted by Gasteiger charge is 2.13. The van der Waals surface area contributed by atoms with Crippen molar-refractivity contribution < 1.29 is 4.74 Å². The maximum absolute atomic E-state index is 9.17. The van der Waals surface area contributed by atoms with Gasteiger partial charge >= 0.3 is 0 Å². The maximum atomic E-state index is 9.17. The van der Waals surface area contributed by atoms with Crippen LogP contribution in [0.25, 0.3) is 11.4 Å². The zero-order valence-corrected chi connectivity index (χ0v) is 12.8. The fourth-order valence-electron chi connectivity index (χ4n) is 2.07. The molecular weight excluding hydrogens is 302 g/mol. The molecule has 0 aliphatic carbocycles. The lowest BCUT2D eigenvalue weighted by Crippen LogP contribution is -2.01. The highest BCUT2D eigenvalue weighted by molar-refractivity contribution is 5.56. The summed E-state index contributed by atoms with van der Waals surface area (Å²) in [7, 11) is 0. The summed E-state index contributed by atoms with van der Waals surface area (Å²) in [4.78, 5) is 4.31. The molecule has 0 saturated heterocycles. The van der Waals surface area contributed by atoms with Gasteiger partial charge in [-0.3, -0.25) is 0 Å². The molecule has 0 aliphatic rings. The van der Waals surface area contributed by atoms with Crippen molar-refractivity contribution in [3.63, 3.8) is 0 Å². The average Bonchev–Trinajstić information content (AvgIpc) is 2.62. The fourth-order valence-corrected chi connectivity index (χ4v) is 2.07. The zero-order chi connectivity index (χ0) is 16.9. The number of benzene rings is 2. The zero-order valence-electron chi connectivity index (χ0n) is 12.8. The highest BCUT2D eigenvalue weighted by atomic mass is 16.5. The molecule has 2 aromatic carbocycles. The van der Waals surface area contributed by atoms with E-state index in [1.165, 1.54) is 0 Å². The SMILES string of the molecule is Cc1cccc(-c2nnc(C#N)c(Oc3ccc(C#N)cc3)n2)c1. The van der Waals surface area contributed by atoms with Gasteiger partial charge in [-0.05, 0) is 37.3 Å². The quantitative estimate of drug-likeness (QED) is 0.735. The Morgan fingerprint density at radius 3 is 2.42 bits per heavy atom. The van der Waals surface area contributed by atoms with Crippen molar-refractivity contribution in [2.24, 2.45) is 0 Å². The summed E-state index contributed by atoms with van der Waals surface area (Å²) >= 11 is 0. The third-order valence-corrected chi connectivity index (χ3v) is 3.23. The first kappa shape index (κ1) is 15.1. The van der Waals surface area contributed by atoms with Crippen molar-refractivity contribution in [2.45, 2.75) is 6.92 Å². The Balaban J connectivity index is 1.98. The minimum Gasteiger partial charge on any atom is -0.436 e. The van der Waals surface area contributed by atoms with Crippen LogP contribution < -0.4 is 4.74 Å². The van der Waals surface area contributed by atoms with Crippen LogP contribution in [0, 0.1) is 29.6 Å². The molecule has 0 atom stereocenters. The van der Waals surface area contributed by atoms with Gasteiger partial charge in [0.05, 0.1) is 11.6 Å². The third-order valence-electron chi connectivity index (χ3n) is 3.23. The number of nitriles is 2. The van der Waals surface area contributed by atoms with Crippen LogP contribution in [0.2, 0.25) is 0 Å². The van der Waals surface area contributed by atoms with Crippen LogP contribution in [0.4, 0.5) is 0 Å². The van der Waals surface area contributed by atoms with Crippen LogP contribution in [-0.2, 0) is 0 Å². The Labute approximate surface area is 138 Å². The number of hydrogen-bond acceptors (Lipinski definition) is 6. The standard InChI is InChI=1S/C18H11N5O/c1-12-3-2-4-14(9-12)17-21-18(16(11-20)22-23-17)24-15-7-5-13(10-19)6-8-15/h2-9H,1H3. The minimum absolute atomic E-state index is 0.00392. The Kier molecular flexibility index (Phi) is 4.13. The van der Waals surface area contributed by atoms with Gasteiger partial charge < -0.3 is 4.74 Å². The largest absolute Gasteiger partial charge is 0.436 e. The first-order valence-electron chi connectivity index (χ1n) is 7.09. The van der Waals surface area contributed by atoms with Gasteiger partial charge in [-0.1, -0.05) is 23.8 Å². The van der Waals surface area contributed by atoms with E-state index >= 15 is 0 Å².